The number of aromatic hydroxyl groups is 1. The van der Waals surface area contributed by atoms with Gasteiger partial charge in [-0.25, -0.2) is 4.39 Å². The molecule has 2 rings (SSSR count). The van der Waals surface area contributed by atoms with Crippen LogP contribution in [0.1, 0.15) is 25.3 Å². The van der Waals surface area contributed by atoms with Gasteiger partial charge in [-0.3, -0.25) is 0 Å². The maximum Gasteiger partial charge on any atom is 0.166 e. The van der Waals surface area contributed by atoms with E-state index >= 15 is 0 Å². The fourth-order valence-electron chi connectivity index (χ4n) is 2.62. The zero-order valence-electron chi connectivity index (χ0n) is 9.30. The number of phenolic OH excluding ortho intramolecular Hbond substituents is 1. The summed E-state index contributed by atoms with van der Waals surface area (Å²) >= 11 is 3.24. The average molecular weight is 288 g/mol. The summed E-state index contributed by atoms with van der Waals surface area (Å²) < 4.78 is 14.0. The first-order chi connectivity index (χ1) is 7.39. The molecule has 0 bridgehead atoms. The van der Waals surface area contributed by atoms with Crippen LogP contribution in [0.2, 0.25) is 0 Å². The van der Waals surface area contributed by atoms with Gasteiger partial charge in [-0.05, 0) is 35.9 Å². The molecule has 4 heteroatoms. The van der Waals surface area contributed by atoms with Gasteiger partial charge in [0.15, 0.2) is 11.6 Å². The summed E-state index contributed by atoms with van der Waals surface area (Å²) in [5.74, 6) is -0.364. The molecular weight excluding hydrogens is 273 g/mol. The van der Waals surface area contributed by atoms with Gasteiger partial charge in [0.2, 0.25) is 0 Å². The van der Waals surface area contributed by atoms with E-state index in [0.29, 0.717) is 22.5 Å². The standard InChI is InChI=1S/C12H15BrFNO/c1-12(2)8(5-15)10(12)7-3-6(13)4-9(14)11(7)16/h3-4,8,10,16H,5,15H2,1-2H3/t8-,10-/m0/s1. The SMILES string of the molecule is CC1(C)[C@@H](CN)[C@@H]1c1cc(Br)cc(F)c1O. The molecule has 1 saturated carbocycles. The van der Waals surface area contributed by atoms with Gasteiger partial charge >= 0.3 is 0 Å². The van der Waals surface area contributed by atoms with Crippen LogP contribution in [0.5, 0.6) is 5.75 Å². The molecule has 0 aliphatic heterocycles. The monoisotopic (exact) mass is 287 g/mol. The van der Waals surface area contributed by atoms with E-state index in [4.69, 9.17) is 5.73 Å². The molecule has 1 fully saturated rings. The van der Waals surface area contributed by atoms with Crippen LogP contribution in [-0.4, -0.2) is 11.7 Å². The van der Waals surface area contributed by atoms with E-state index < -0.39 is 5.82 Å². The van der Waals surface area contributed by atoms with Crippen LogP contribution in [0.15, 0.2) is 16.6 Å². The summed E-state index contributed by atoms with van der Waals surface area (Å²) in [5.41, 5.74) is 6.38. The number of nitrogens with two attached hydrogens (primary N) is 1. The molecule has 0 unspecified atom stereocenters. The summed E-state index contributed by atoms with van der Waals surface area (Å²) in [6.07, 6.45) is 0. The lowest BCUT2D eigenvalue weighted by molar-refractivity contribution is 0.423. The van der Waals surface area contributed by atoms with Crippen molar-refractivity contribution in [2.45, 2.75) is 19.8 Å². The van der Waals surface area contributed by atoms with Crippen molar-refractivity contribution < 1.29 is 9.50 Å². The van der Waals surface area contributed by atoms with Gasteiger partial charge < -0.3 is 10.8 Å². The fourth-order valence-corrected chi connectivity index (χ4v) is 3.07. The zero-order valence-corrected chi connectivity index (χ0v) is 10.9. The third-order valence-corrected chi connectivity index (χ3v) is 4.15. The van der Waals surface area contributed by atoms with Crippen molar-refractivity contribution in [1.29, 1.82) is 0 Å². The van der Waals surface area contributed by atoms with Crippen LogP contribution >= 0.6 is 15.9 Å². The molecule has 1 aromatic rings. The third kappa shape index (κ3) is 1.64. The first kappa shape index (κ1) is 11.9. The van der Waals surface area contributed by atoms with E-state index in [1.807, 2.05) is 0 Å². The molecule has 1 aliphatic rings. The highest BCUT2D eigenvalue weighted by Crippen LogP contribution is 2.65. The summed E-state index contributed by atoms with van der Waals surface area (Å²) in [6.45, 7) is 4.74. The van der Waals surface area contributed by atoms with E-state index in [1.54, 1.807) is 6.07 Å². The van der Waals surface area contributed by atoms with E-state index in [2.05, 4.69) is 29.8 Å². The highest BCUT2D eigenvalue weighted by molar-refractivity contribution is 9.10. The number of rotatable bonds is 2. The molecule has 88 valence electrons. The maximum absolute atomic E-state index is 13.4. The van der Waals surface area contributed by atoms with Gasteiger partial charge in [0.05, 0.1) is 0 Å². The van der Waals surface area contributed by atoms with Gasteiger partial charge in [-0.15, -0.1) is 0 Å². The smallest absolute Gasteiger partial charge is 0.166 e. The van der Waals surface area contributed by atoms with E-state index in [-0.39, 0.29) is 17.1 Å². The van der Waals surface area contributed by atoms with Crippen LogP contribution in [-0.2, 0) is 0 Å². The molecule has 16 heavy (non-hydrogen) atoms. The Morgan fingerprint density at radius 3 is 2.62 bits per heavy atom. The van der Waals surface area contributed by atoms with E-state index in [0.717, 1.165) is 0 Å². The molecule has 2 atom stereocenters. The number of halogens is 2. The van der Waals surface area contributed by atoms with Gasteiger partial charge in [-0.2, -0.15) is 0 Å². The van der Waals surface area contributed by atoms with Crippen LogP contribution in [0.4, 0.5) is 4.39 Å². The molecular formula is C12H15BrFNO. The maximum atomic E-state index is 13.4. The second-order valence-electron chi connectivity index (χ2n) is 4.97. The number of hydrogen-bond acceptors (Lipinski definition) is 2. The Morgan fingerprint density at radius 1 is 1.50 bits per heavy atom. The molecule has 0 heterocycles. The zero-order chi connectivity index (χ0) is 12.1. The van der Waals surface area contributed by atoms with Gasteiger partial charge in [0.1, 0.15) is 0 Å². The Bertz CT molecular complexity index is 433. The minimum absolute atomic E-state index is 0.0411. The Morgan fingerprint density at radius 2 is 2.12 bits per heavy atom. The average Bonchev–Trinajstić information content (AvgIpc) is 2.74. The van der Waals surface area contributed by atoms with Crippen LogP contribution in [0.25, 0.3) is 0 Å². The Hall–Kier alpha value is -0.610. The van der Waals surface area contributed by atoms with Crippen molar-refractivity contribution in [3.63, 3.8) is 0 Å². The molecule has 0 radical (unpaired) electrons. The normalized spacial score (nSPS) is 26.8. The predicted molar refractivity (Wildman–Crippen MR) is 64.8 cm³/mol. The minimum atomic E-state index is -0.581. The molecule has 1 aliphatic carbocycles. The summed E-state index contributed by atoms with van der Waals surface area (Å²) in [5, 5.41) is 9.74. The highest BCUT2D eigenvalue weighted by atomic mass is 79.9. The topological polar surface area (TPSA) is 46.2 Å². The first-order valence-electron chi connectivity index (χ1n) is 5.27. The van der Waals surface area contributed by atoms with Crippen molar-refractivity contribution in [2.75, 3.05) is 6.54 Å². The molecule has 3 N–H and O–H groups in total. The van der Waals surface area contributed by atoms with Crippen LogP contribution in [0, 0.1) is 17.2 Å². The van der Waals surface area contributed by atoms with Crippen molar-refractivity contribution in [1.82, 2.24) is 0 Å². The van der Waals surface area contributed by atoms with Crippen molar-refractivity contribution in [3.05, 3.63) is 28.0 Å². The molecule has 0 amide bonds. The van der Waals surface area contributed by atoms with Crippen LogP contribution < -0.4 is 5.73 Å². The van der Waals surface area contributed by atoms with Crippen molar-refractivity contribution >= 4 is 15.9 Å². The first-order valence-corrected chi connectivity index (χ1v) is 6.07. The predicted octanol–water partition coefficient (Wildman–Crippen LogP) is 2.99. The second kappa shape index (κ2) is 3.70. The largest absolute Gasteiger partial charge is 0.505 e. The molecule has 0 spiro atoms. The molecule has 0 aromatic heterocycles. The van der Waals surface area contributed by atoms with E-state index in [1.165, 1.54) is 6.07 Å². The number of hydrogen-bond donors (Lipinski definition) is 2. The van der Waals surface area contributed by atoms with Crippen molar-refractivity contribution in [2.24, 2.45) is 17.1 Å². The summed E-state index contributed by atoms with van der Waals surface area (Å²) in [7, 11) is 0. The lowest BCUT2D eigenvalue weighted by Crippen LogP contribution is -2.05. The fraction of sp³-hybridized carbons (Fsp3) is 0.500. The number of phenols is 1. The lowest BCUT2D eigenvalue weighted by atomic mass is 10.0. The van der Waals surface area contributed by atoms with Crippen LogP contribution in [0.3, 0.4) is 0 Å². The molecule has 2 nitrogen and oxygen atoms in total. The molecule has 1 aromatic carbocycles. The van der Waals surface area contributed by atoms with Crippen molar-refractivity contribution in [3.8, 4) is 5.75 Å². The van der Waals surface area contributed by atoms with Gasteiger partial charge in [0.25, 0.3) is 0 Å². The second-order valence-corrected chi connectivity index (χ2v) is 5.88. The van der Waals surface area contributed by atoms with Gasteiger partial charge in [-0.1, -0.05) is 29.8 Å². The third-order valence-electron chi connectivity index (χ3n) is 3.70. The Labute approximate surface area is 103 Å². The minimum Gasteiger partial charge on any atom is -0.505 e. The van der Waals surface area contributed by atoms with E-state index in [9.17, 15) is 9.50 Å². The Kier molecular flexibility index (Phi) is 2.75. The Balaban J connectivity index is 2.43. The highest BCUT2D eigenvalue weighted by Gasteiger charge is 2.58. The quantitative estimate of drug-likeness (QED) is 0.878. The van der Waals surface area contributed by atoms with Gasteiger partial charge in [0, 0.05) is 10.0 Å². The molecule has 0 saturated heterocycles. The lowest BCUT2D eigenvalue weighted by Gasteiger charge is -2.07. The summed E-state index contributed by atoms with van der Waals surface area (Å²) in [6, 6.07) is 3.05. The number of benzene rings is 1. The summed E-state index contributed by atoms with van der Waals surface area (Å²) in [4.78, 5) is 0.